The number of hydrogen-bond acceptors (Lipinski definition) is 3. The molecule has 0 radical (unpaired) electrons. The molecular formula is C8H11N3. The van der Waals surface area contributed by atoms with E-state index in [1.807, 2.05) is 25.1 Å². The molecule has 0 spiro atoms. The molecule has 0 saturated carbocycles. The molecule has 0 aliphatic heterocycles. The van der Waals surface area contributed by atoms with Gasteiger partial charge in [0.1, 0.15) is 0 Å². The lowest BCUT2D eigenvalue weighted by Gasteiger charge is -1.96. The van der Waals surface area contributed by atoms with Crippen LogP contribution in [0.15, 0.2) is 29.5 Å². The van der Waals surface area contributed by atoms with Crippen LogP contribution >= 0.6 is 0 Å². The van der Waals surface area contributed by atoms with Gasteiger partial charge in [0, 0.05) is 13.2 Å². The molecule has 0 amide bonds. The third kappa shape index (κ3) is 2.04. The zero-order valence-corrected chi connectivity index (χ0v) is 6.70. The van der Waals surface area contributed by atoms with E-state index in [2.05, 4.69) is 15.5 Å². The summed E-state index contributed by atoms with van der Waals surface area (Å²) in [6.45, 7) is 1.92. The maximum absolute atomic E-state index is 4.13. The van der Waals surface area contributed by atoms with E-state index < -0.39 is 0 Å². The molecule has 1 aromatic heterocycles. The lowest BCUT2D eigenvalue weighted by Crippen LogP contribution is -2.04. The van der Waals surface area contributed by atoms with Crippen LogP contribution in [0.2, 0.25) is 0 Å². The van der Waals surface area contributed by atoms with Crippen molar-refractivity contribution in [2.75, 3.05) is 7.05 Å². The monoisotopic (exact) mass is 149 g/mol. The van der Waals surface area contributed by atoms with Crippen LogP contribution < -0.4 is 5.43 Å². The second-order valence-corrected chi connectivity index (χ2v) is 2.14. The van der Waals surface area contributed by atoms with E-state index in [9.17, 15) is 0 Å². The first-order valence-corrected chi connectivity index (χ1v) is 3.47. The summed E-state index contributed by atoms with van der Waals surface area (Å²) in [7, 11) is 1.77. The third-order valence-electron chi connectivity index (χ3n) is 1.32. The second kappa shape index (κ2) is 3.71. The molecule has 0 aromatic carbocycles. The largest absolute Gasteiger partial charge is 0.313 e. The maximum Gasteiger partial charge on any atom is 0.0859 e. The Morgan fingerprint density at radius 1 is 1.55 bits per heavy atom. The van der Waals surface area contributed by atoms with E-state index in [1.165, 1.54) is 0 Å². The van der Waals surface area contributed by atoms with Gasteiger partial charge >= 0.3 is 0 Å². The fourth-order valence-electron chi connectivity index (χ4n) is 0.802. The first-order chi connectivity index (χ1) is 5.34. The molecule has 0 aliphatic rings. The predicted octanol–water partition coefficient (Wildman–Crippen LogP) is 1.02. The number of hydrazone groups is 1. The highest BCUT2D eigenvalue weighted by Gasteiger charge is 1.94. The van der Waals surface area contributed by atoms with E-state index >= 15 is 0 Å². The summed E-state index contributed by atoms with van der Waals surface area (Å²) in [5.41, 5.74) is 4.51. The van der Waals surface area contributed by atoms with Crippen LogP contribution in [-0.4, -0.2) is 17.7 Å². The van der Waals surface area contributed by atoms with Crippen LogP contribution in [0.5, 0.6) is 0 Å². The lowest BCUT2D eigenvalue weighted by molar-refractivity contribution is 0.898. The standard InChI is InChI=1S/C8H11N3/c1-7(11-9-2)8-5-3-4-6-10-8/h3-6,9H,1-2H3/b11-7+. The average Bonchev–Trinajstić information content (AvgIpc) is 2.07. The highest BCUT2D eigenvalue weighted by molar-refractivity contribution is 5.96. The van der Waals surface area contributed by atoms with Gasteiger partial charge in [-0.15, -0.1) is 0 Å². The van der Waals surface area contributed by atoms with Gasteiger partial charge < -0.3 is 5.43 Å². The quantitative estimate of drug-likeness (QED) is 0.503. The highest BCUT2D eigenvalue weighted by Crippen LogP contribution is 1.94. The normalized spacial score (nSPS) is 11.3. The number of rotatable bonds is 2. The predicted molar refractivity (Wildman–Crippen MR) is 45.5 cm³/mol. The first kappa shape index (κ1) is 7.72. The maximum atomic E-state index is 4.13. The van der Waals surface area contributed by atoms with Crippen molar-refractivity contribution in [1.82, 2.24) is 10.4 Å². The van der Waals surface area contributed by atoms with E-state index in [0.29, 0.717) is 0 Å². The van der Waals surface area contributed by atoms with Crippen molar-refractivity contribution in [2.45, 2.75) is 6.92 Å². The molecule has 0 atom stereocenters. The number of pyridine rings is 1. The van der Waals surface area contributed by atoms with Crippen molar-refractivity contribution < 1.29 is 0 Å². The number of nitrogens with zero attached hydrogens (tertiary/aromatic N) is 2. The Kier molecular flexibility index (Phi) is 2.60. The minimum absolute atomic E-state index is 0.896. The summed E-state index contributed by atoms with van der Waals surface area (Å²) in [4.78, 5) is 4.13. The molecule has 1 aromatic rings. The minimum atomic E-state index is 0.896. The molecule has 0 unspecified atom stereocenters. The minimum Gasteiger partial charge on any atom is -0.313 e. The van der Waals surface area contributed by atoms with Gasteiger partial charge in [-0.3, -0.25) is 4.98 Å². The molecule has 0 fully saturated rings. The molecular weight excluding hydrogens is 138 g/mol. The number of aromatic nitrogens is 1. The summed E-state index contributed by atoms with van der Waals surface area (Å²) in [5, 5.41) is 4.00. The third-order valence-corrected chi connectivity index (χ3v) is 1.32. The van der Waals surface area contributed by atoms with Gasteiger partial charge in [-0.1, -0.05) is 6.07 Å². The topological polar surface area (TPSA) is 37.3 Å². The van der Waals surface area contributed by atoms with Gasteiger partial charge in [0.05, 0.1) is 11.4 Å². The molecule has 3 nitrogen and oxygen atoms in total. The van der Waals surface area contributed by atoms with Crippen molar-refractivity contribution in [1.29, 1.82) is 0 Å². The van der Waals surface area contributed by atoms with Crippen LogP contribution in [0.25, 0.3) is 0 Å². The Bertz CT molecular complexity index is 241. The van der Waals surface area contributed by atoms with Crippen molar-refractivity contribution in [3.63, 3.8) is 0 Å². The molecule has 0 bridgehead atoms. The SMILES string of the molecule is CN/N=C(\C)c1ccccn1. The Morgan fingerprint density at radius 3 is 2.91 bits per heavy atom. The van der Waals surface area contributed by atoms with Gasteiger partial charge in [0.25, 0.3) is 0 Å². The molecule has 0 aliphatic carbocycles. The summed E-state index contributed by atoms with van der Waals surface area (Å²) >= 11 is 0. The van der Waals surface area contributed by atoms with Crippen LogP contribution in [0.3, 0.4) is 0 Å². The number of hydrogen-bond donors (Lipinski definition) is 1. The van der Waals surface area contributed by atoms with Crippen molar-refractivity contribution >= 4 is 5.71 Å². The Balaban J connectivity index is 2.85. The molecule has 58 valence electrons. The molecule has 1 N–H and O–H groups in total. The van der Waals surface area contributed by atoms with Crippen molar-refractivity contribution in [3.05, 3.63) is 30.1 Å². The highest BCUT2D eigenvalue weighted by atomic mass is 15.3. The van der Waals surface area contributed by atoms with E-state index in [-0.39, 0.29) is 0 Å². The molecule has 3 heteroatoms. The fourth-order valence-corrected chi connectivity index (χ4v) is 0.802. The zero-order valence-electron chi connectivity index (χ0n) is 6.70. The second-order valence-electron chi connectivity index (χ2n) is 2.14. The summed E-state index contributed by atoms with van der Waals surface area (Å²) in [6.07, 6.45) is 1.75. The lowest BCUT2D eigenvalue weighted by atomic mass is 10.3. The van der Waals surface area contributed by atoms with Gasteiger partial charge in [0.2, 0.25) is 0 Å². The first-order valence-electron chi connectivity index (χ1n) is 3.47. The van der Waals surface area contributed by atoms with Gasteiger partial charge in [-0.2, -0.15) is 5.10 Å². The summed E-state index contributed by atoms with van der Waals surface area (Å²) < 4.78 is 0. The molecule has 1 rings (SSSR count). The van der Waals surface area contributed by atoms with Gasteiger partial charge in [0.15, 0.2) is 0 Å². The number of nitrogens with one attached hydrogen (secondary N) is 1. The van der Waals surface area contributed by atoms with Crippen LogP contribution in [0, 0.1) is 0 Å². The summed E-state index contributed by atoms with van der Waals surface area (Å²) in [6, 6.07) is 5.75. The summed E-state index contributed by atoms with van der Waals surface area (Å²) in [5.74, 6) is 0. The fraction of sp³-hybridized carbons (Fsp3) is 0.250. The Labute approximate surface area is 66.2 Å². The van der Waals surface area contributed by atoms with Gasteiger partial charge in [-0.25, -0.2) is 0 Å². The van der Waals surface area contributed by atoms with Crippen molar-refractivity contribution in [3.8, 4) is 0 Å². The van der Waals surface area contributed by atoms with Crippen LogP contribution in [0.4, 0.5) is 0 Å². The van der Waals surface area contributed by atoms with E-state index in [0.717, 1.165) is 11.4 Å². The van der Waals surface area contributed by atoms with Crippen LogP contribution in [0.1, 0.15) is 12.6 Å². The zero-order chi connectivity index (χ0) is 8.10. The van der Waals surface area contributed by atoms with E-state index in [4.69, 9.17) is 0 Å². The molecule has 1 heterocycles. The van der Waals surface area contributed by atoms with Gasteiger partial charge in [-0.05, 0) is 19.1 Å². The van der Waals surface area contributed by atoms with Crippen molar-refractivity contribution in [2.24, 2.45) is 5.10 Å². The average molecular weight is 149 g/mol. The van der Waals surface area contributed by atoms with Crippen LogP contribution in [-0.2, 0) is 0 Å². The van der Waals surface area contributed by atoms with E-state index in [1.54, 1.807) is 13.2 Å². The smallest absolute Gasteiger partial charge is 0.0859 e. The molecule has 11 heavy (non-hydrogen) atoms. The Hall–Kier alpha value is -1.38. The molecule has 0 saturated heterocycles. The Morgan fingerprint density at radius 2 is 2.36 bits per heavy atom.